The minimum Gasteiger partial charge on any atom is -0.399 e. The molecule has 118 valence electrons. The molecule has 2 nitrogen and oxygen atoms in total. The fraction of sp³-hybridized carbons (Fsp3) is 0.765. The molecule has 1 aliphatic heterocycles. The highest BCUT2D eigenvalue weighted by Crippen LogP contribution is 2.39. The molecule has 1 atom stereocenters. The Bertz CT molecular complexity index is 457. The lowest BCUT2D eigenvalue weighted by atomic mass is 9.83. The second-order valence-corrected chi connectivity index (χ2v) is 7.73. The largest absolute Gasteiger partial charge is 0.505 e. The molecule has 0 bridgehead atoms. The SMILES string of the molecule is CCCCCCc1ccsc1B1OC(C)(C)C(C)(CC)O1. The highest BCUT2D eigenvalue weighted by molar-refractivity contribution is 7.21. The first kappa shape index (κ1) is 17.0. The number of hydrogen-bond donors (Lipinski definition) is 0. The molecule has 0 amide bonds. The minimum atomic E-state index is -0.240. The summed E-state index contributed by atoms with van der Waals surface area (Å²) in [5, 5.41) is 2.17. The Morgan fingerprint density at radius 3 is 2.48 bits per heavy atom. The van der Waals surface area contributed by atoms with Crippen molar-refractivity contribution in [3.8, 4) is 0 Å². The predicted octanol–water partition coefficient (Wildman–Crippen LogP) is 4.56. The van der Waals surface area contributed by atoms with Crippen LogP contribution in [0.15, 0.2) is 11.4 Å². The van der Waals surface area contributed by atoms with E-state index in [0.717, 1.165) is 12.8 Å². The van der Waals surface area contributed by atoms with Gasteiger partial charge in [0.25, 0.3) is 0 Å². The highest BCUT2D eigenvalue weighted by Gasteiger charge is 2.54. The summed E-state index contributed by atoms with van der Waals surface area (Å²) >= 11 is 1.77. The van der Waals surface area contributed by atoms with Crippen molar-refractivity contribution in [1.29, 1.82) is 0 Å². The summed E-state index contributed by atoms with van der Waals surface area (Å²) in [6.07, 6.45) is 7.30. The summed E-state index contributed by atoms with van der Waals surface area (Å²) in [7, 11) is -0.189. The van der Waals surface area contributed by atoms with Crippen molar-refractivity contribution in [2.45, 2.75) is 84.3 Å². The third kappa shape index (κ3) is 3.54. The van der Waals surface area contributed by atoms with Crippen LogP contribution in [0.5, 0.6) is 0 Å². The van der Waals surface area contributed by atoms with Gasteiger partial charge in [-0.3, -0.25) is 0 Å². The van der Waals surface area contributed by atoms with E-state index in [2.05, 4.69) is 46.1 Å². The molecule has 0 aromatic carbocycles. The van der Waals surface area contributed by atoms with Crippen LogP contribution in [-0.2, 0) is 15.7 Å². The van der Waals surface area contributed by atoms with E-state index in [1.165, 1.54) is 36.0 Å². The molecule has 2 rings (SSSR count). The summed E-state index contributed by atoms with van der Waals surface area (Å²) in [5.74, 6) is 0. The summed E-state index contributed by atoms with van der Waals surface area (Å²) in [4.78, 5) is 0. The van der Waals surface area contributed by atoms with Crippen molar-refractivity contribution >= 4 is 23.2 Å². The molecule has 1 saturated heterocycles. The Labute approximate surface area is 134 Å². The molecule has 2 heterocycles. The van der Waals surface area contributed by atoms with Gasteiger partial charge in [0.1, 0.15) is 0 Å². The van der Waals surface area contributed by atoms with Crippen LogP contribution in [-0.4, -0.2) is 18.3 Å². The molecule has 1 fully saturated rings. The van der Waals surface area contributed by atoms with Crippen molar-refractivity contribution in [2.75, 3.05) is 0 Å². The highest BCUT2D eigenvalue weighted by atomic mass is 32.1. The van der Waals surface area contributed by atoms with Crippen LogP contribution in [0.2, 0.25) is 0 Å². The van der Waals surface area contributed by atoms with E-state index in [1.54, 1.807) is 11.3 Å². The second-order valence-electron chi connectivity index (χ2n) is 6.78. The zero-order chi connectivity index (χ0) is 15.5. The van der Waals surface area contributed by atoms with Gasteiger partial charge in [-0.1, -0.05) is 33.1 Å². The van der Waals surface area contributed by atoms with E-state index in [-0.39, 0.29) is 18.3 Å². The van der Waals surface area contributed by atoms with Gasteiger partial charge in [0, 0.05) is 4.78 Å². The lowest BCUT2D eigenvalue weighted by Gasteiger charge is -2.35. The van der Waals surface area contributed by atoms with Crippen molar-refractivity contribution in [3.63, 3.8) is 0 Å². The van der Waals surface area contributed by atoms with Gasteiger partial charge in [0.2, 0.25) is 0 Å². The van der Waals surface area contributed by atoms with Gasteiger partial charge in [0.05, 0.1) is 11.2 Å². The lowest BCUT2D eigenvalue weighted by molar-refractivity contribution is -0.0118. The van der Waals surface area contributed by atoms with Crippen LogP contribution in [0.3, 0.4) is 0 Å². The zero-order valence-electron chi connectivity index (χ0n) is 14.2. The molecule has 0 N–H and O–H groups in total. The summed E-state index contributed by atoms with van der Waals surface area (Å²) < 4.78 is 13.8. The topological polar surface area (TPSA) is 18.5 Å². The molecule has 0 spiro atoms. The molecular weight excluding hydrogens is 279 g/mol. The maximum Gasteiger partial charge on any atom is 0.505 e. The fourth-order valence-electron chi connectivity index (χ4n) is 2.91. The molecular formula is C17H29BO2S. The minimum absolute atomic E-state index is 0.189. The Morgan fingerprint density at radius 1 is 1.10 bits per heavy atom. The fourth-order valence-corrected chi connectivity index (χ4v) is 3.82. The maximum absolute atomic E-state index is 6.31. The smallest absolute Gasteiger partial charge is 0.399 e. The van der Waals surface area contributed by atoms with Crippen molar-refractivity contribution in [3.05, 3.63) is 17.0 Å². The maximum atomic E-state index is 6.31. The third-order valence-corrected chi connectivity index (χ3v) is 5.99. The standard InChI is InChI=1S/C17H29BO2S/c1-6-8-9-10-11-14-12-13-21-15(14)18-19-16(3,4)17(5,7-2)20-18/h12-13H,6-11H2,1-5H3. The van der Waals surface area contributed by atoms with Gasteiger partial charge in [-0.15, -0.1) is 0 Å². The lowest BCUT2D eigenvalue weighted by Crippen LogP contribution is -2.44. The summed E-state index contributed by atoms with van der Waals surface area (Å²) in [6, 6.07) is 2.24. The van der Waals surface area contributed by atoms with E-state index in [4.69, 9.17) is 9.31 Å². The van der Waals surface area contributed by atoms with Gasteiger partial charge in [-0.2, -0.15) is 11.3 Å². The number of hydrogen-bond acceptors (Lipinski definition) is 3. The van der Waals surface area contributed by atoms with Crippen LogP contribution in [0.25, 0.3) is 0 Å². The molecule has 0 saturated carbocycles. The van der Waals surface area contributed by atoms with Crippen LogP contribution in [0.4, 0.5) is 0 Å². The molecule has 0 aliphatic carbocycles. The quantitative estimate of drug-likeness (QED) is 0.543. The predicted molar refractivity (Wildman–Crippen MR) is 92.5 cm³/mol. The van der Waals surface area contributed by atoms with E-state index in [1.807, 2.05) is 0 Å². The van der Waals surface area contributed by atoms with E-state index < -0.39 is 0 Å². The summed E-state index contributed by atoms with van der Waals surface area (Å²) in [6.45, 7) is 10.9. The van der Waals surface area contributed by atoms with Crippen LogP contribution < -0.4 is 4.78 Å². The molecule has 1 aromatic heterocycles. The van der Waals surface area contributed by atoms with E-state index >= 15 is 0 Å². The normalized spacial score (nSPS) is 24.7. The number of unbranched alkanes of at least 4 members (excludes halogenated alkanes) is 3. The van der Waals surface area contributed by atoms with Crippen molar-refractivity contribution < 1.29 is 9.31 Å². The average molecular weight is 308 g/mol. The van der Waals surface area contributed by atoms with E-state index in [9.17, 15) is 0 Å². The van der Waals surface area contributed by atoms with Gasteiger partial charge in [0.15, 0.2) is 0 Å². The number of thiophene rings is 1. The van der Waals surface area contributed by atoms with Gasteiger partial charge in [-0.05, 0) is 57.0 Å². The van der Waals surface area contributed by atoms with Gasteiger partial charge < -0.3 is 9.31 Å². The van der Waals surface area contributed by atoms with Gasteiger partial charge >= 0.3 is 7.12 Å². The number of aryl methyl sites for hydroxylation is 1. The second kappa shape index (κ2) is 6.85. The first-order chi connectivity index (χ1) is 9.93. The Balaban J connectivity index is 2.05. The van der Waals surface area contributed by atoms with Crippen LogP contribution in [0.1, 0.15) is 72.3 Å². The van der Waals surface area contributed by atoms with Crippen LogP contribution in [0, 0.1) is 0 Å². The molecule has 0 radical (unpaired) electrons. The molecule has 1 aliphatic rings. The number of rotatable bonds is 7. The first-order valence-electron chi connectivity index (χ1n) is 8.35. The van der Waals surface area contributed by atoms with E-state index in [0.29, 0.717) is 0 Å². The van der Waals surface area contributed by atoms with Gasteiger partial charge in [-0.25, -0.2) is 0 Å². The third-order valence-electron chi connectivity index (χ3n) is 5.01. The average Bonchev–Trinajstić information content (AvgIpc) is 2.98. The van der Waals surface area contributed by atoms with Crippen LogP contribution >= 0.6 is 11.3 Å². The van der Waals surface area contributed by atoms with Crippen molar-refractivity contribution in [1.82, 2.24) is 0 Å². The summed E-state index contributed by atoms with van der Waals surface area (Å²) in [5.41, 5.74) is 0.967. The Hall–Kier alpha value is -0.315. The monoisotopic (exact) mass is 308 g/mol. The van der Waals surface area contributed by atoms with Crippen molar-refractivity contribution in [2.24, 2.45) is 0 Å². The first-order valence-corrected chi connectivity index (χ1v) is 9.23. The molecule has 4 heteroatoms. The molecule has 1 unspecified atom stereocenters. The molecule has 21 heavy (non-hydrogen) atoms. The Morgan fingerprint density at radius 2 is 1.86 bits per heavy atom. The zero-order valence-corrected chi connectivity index (χ0v) is 15.0. The Kier molecular flexibility index (Phi) is 5.56. The molecule has 1 aromatic rings.